The van der Waals surface area contributed by atoms with E-state index in [1.807, 2.05) is 0 Å². The molecular formula is C14H27ClO2. The SMILES string of the molecule is CCCCCCCCCCC(=O)OCCCCl. The Morgan fingerprint density at radius 1 is 0.941 bits per heavy atom. The van der Waals surface area contributed by atoms with Gasteiger partial charge in [0.2, 0.25) is 0 Å². The van der Waals surface area contributed by atoms with E-state index in [1.165, 1.54) is 38.5 Å². The lowest BCUT2D eigenvalue weighted by molar-refractivity contribution is -0.143. The minimum absolute atomic E-state index is 0.0684. The first-order valence-electron chi connectivity index (χ1n) is 7.02. The Labute approximate surface area is 111 Å². The molecule has 0 aliphatic rings. The van der Waals surface area contributed by atoms with Crippen molar-refractivity contribution in [2.75, 3.05) is 12.5 Å². The Kier molecular flexibility index (Phi) is 13.6. The third kappa shape index (κ3) is 13.7. The normalized spacial score (nSPS) is 10.5. The second-order valence-corrected chi connectivity index (χ2v) is 4.87. The first kappa shape index (κ1) is 16.8. The number of hydrogen-bond donors (Lipinski definition) is 0. The molecule has 0 heterocycles. The molecule has 0 saturated carbocycles. The zero-order valence-electron chi connectivity index (χ0n) is 11.2. The van der Waals surface area contributed by atoms with E-state index >= 15 is 0 Å². The molecule has 0 aromatic heterocycles. The lowest BCUT2D eigenvalue weighted by Crippen LogP contribution is -2.05. The molecular weight excluding hydrogens is 236 g/mol. The van der Waals surface area contributed by atoms with Crippen LogP contribution in [0.15, 0.2) is 0 Å². The molecule has 0 atom stereocenters. The number of hydrogen-bond acceptors (Lipinski definition) is 2. The van der Waals surface area contributed by atoms with E-state index in [0.717, 1.165) is 19.3 Å². The maximum atomic E-state index is 11.2. The maximum Gasteiger partial charge on any atom is 0.305 e. The predicted octanol–water partition coefficient (Wildman–Crippen LogP) is 4.69. The van der Waals surface area contributed by atoms with Gasteiger partial charge in [0.1, 0.15) is 0 Å². The van der Waals surface area contributed by atoms with E-state index in [0.29, 0.717) is 18.9 Å². The average Bonchev–Trinajstić information content (AvgIpc) is 2.33. The van der Waals surface area contributed by atoms with E-state index in [9.17, 15) is 4.79 Å². The molecule has 0 unspecified atom stereocenters. The number of unbranched alkanes of at least 4 members (excludes halogenated alkanes) is 7. The van der Waals surface area contributed by atoms with Crippen molar-refractivity contribution in [1.82, 2.24) is 0 Å². The van der Waals surface area contributed by atoms with Gasteiger partial charge in [-0.15, -0.1) is 11.6 Å². The van der Waals surface area contributed by atoms with Crippen LogP contribution in [0, 0.1) is 0 Å². The molecule has 102 valence electrons. The van der Waals surface area contributed by atoms with E-state index < -0.39 is 0 Å². The average molecular weight is 263 g/mol. The molecule has 0 amide bonds. The Hall–Kier alpha value is -0.240. The summed E-state index contributed by atoms with van der Waals surface area (Å²) in [6, 6.07) is 0. The van der Waals surface area contributed by atoms with Crippen LogP contribution in [0.25, 0.3) is 0 Å². The standard InChI is InChI=1S/C14H27ClO2/c1-2-3-4-5-6-7-8-9-11-14(16)17-13-10-12-15/h2-13H2,1H3. The van der Waals surface area contributed by atoms with Crippen molar-refractivity contribution in [3.05, 3.63) is 0 Å². The molecule has 0 N–H and O–H groups in total. The summed E-state index contributed by atoms with van der Waals surface area (Å²) in [5, 5.41) is 0. The molecule has 0 saturated heterocycles. The fourth-order valence-corrected chi connectivity index (χ4v) is 1.83. The van der Waals surface area contributed by atoms with Crippen LogP contribution in [0.2, 0.25) is 0 Å². The Bertz CT molecular complexity index is 172. The molecule has 0 aliphatic heterocycles. The highest BCUT2D eigenvalue weighted by Gasteiger charge is 2.01. The summed E-state index contributed by atoms with van der Waals surface area (Å²) < 4.78 is 5.02. The van der Waals surface area contributed by atoms with Crippen molar-refractivity contribution in [3.63, 3.8) is 0 Å². The van der Waals surface area contributed by atoms with Gasteiger partial charge in [0.15, 0.2) is 0 Å². The number of halogens is 1. The monoisotopic (exact) mass is 262 g/mol. The maximum absolute atomic E-state index is 11.2. The van der Waals surface area contributed by atoms with Gasteiger partial charge in [-0.3, -0.25) is 4.79 Å². The van der Waals surface area contributed by atoms with Gasteiger partial charge in [-0.25, -0.2) is 0 Å². The molecule has 0 aliphatic carbocycles. The van der Waals surface area contributed by atoms with E-state index in [2.05, 4.69) is 6.92 Å². The largest absolute Gasteiger partial charge is 0.466 e. The van der Waals surface area contributed by atoms with Crippen molar-refractivity contribution in [2.45, 2.75) is 71.1 Å². The summed E-state index contributed by atoms with van der Waals surface area (Å²) in [7, 11) is 0. The van der Waals surface area contributed by atoms with E-state index in [4.69, 9.17) is 16.3 Å². The summed E-state index contributed by atoms with van der Waals surface area (Å²) >= 11 is 5.49. The summed E-state index contributed by atoms with van der Waals surface area (Å²) in [6.45, 7) is 2.70. The van der Waals surface area contributed by atoms with Crippen molar-refractivity contribution < 1.29 is 9.53 Å². The van der Waals surface area contributed by atoms with Gasteiger partial charge in [0.25, 0.3) is 0 Å². The van der Waals surface area contributed by atoms with Gasteiger partial charge in [-0.05, 0) is 12.8 Å². The highest BCUT2D eigenvalue weighted by Crippen LogP contribution is 2.09. The molecule has 17 heavy (non-hydrogen) atoms. The predicted molar refractivity (Wildman–Crippen MR) is 73.5 cm³/mol. The van der Waals surface area contributed by atoms with Crippen molar-refractivity contribution >= 4 is 17.6 Å². The van der Waals surface area contributed by atoms with Crippen LogP contribution < -0.4 is 0 Å². The molecule has 0 rings (SSSR count). The molecule has 0 radical (unpaired) electrons. The quantitative estimate of drug-likeness (QED) is 0.290. The van der Waals surface area contributed by atoms with Gasteiger partial charge in [-0.1, -0.05) is 51.9 Å². The van der Waals surface area contributed by atoms with Crippen molar-refractivity contribution in [3.8, 4) is 0 Å². The smallest absolute Gasteiger partial charge is 0.305 e. The van der Waals surface area contributed by atoms with Crippen LogP contribution in [0.5, 0.6) is 0 Å². The second-order valence-electron chi connectivity index (χ2n) is 4.49. The van der Waals surface area contributed by atoms with Crippen molar-refractivity contribution in [1.29, 1.82) is 0 Å². The number of carbonyl (C=O) groups is 1. The van der Waals surface area contributed by atoms with Crippen LogP contribution in [0.3, 0.4) is 0 Å². The summed E-state index contributed by atoms with van der Waals surface area (Å²) in [4.78, 5) is 11.2. The van der Waals surface area contributed by atoms with Crippen LogP contribution >= 0.6 is 11.6 Å². The Morgan fingerprint density at radius 2 is 1.53 bits per heavy atom. The molecule has 0 aromatic rings. The number of esters is 1. The Balaban J connectivity index is 3.08. The first-order chi connectivity index (χ1) is 8.31. The number of carbonyl (C=O) groups excluding carboxylic acids is 1. The summed E-state index contributed by atoms with van der Waals surface area (Å²) in [5.74, 6) is 0.492. The van der Waals surface area contributed by atoms with Crippen LogP contribution in [0.1, 0.15) is 71.1 Å². The highest BCUT2D eigenvalue weighted by molar-refractivity contribution is 6.17. The molecule has 3 heteroatoms. The third-order valence-electron chi connectivity index (χ3n) is 2.78. The van der Waals surface area contributed by atoms with Gasteiger partial charge < -0.3 is 4.74 Å². The minimum atomic E-state index is -0.0684. The minimum Gasteiger partial charge on any atom is -0.466 e. The molecule has 0 bridgehead atoms. The van der Waals surface area contributed by atoms with Gasteiger partial charge in [-0.2, -0.15) is 0 Å². The highest BCUT2D eigenvalue weighted by atomic mass is 35.5. The zero-order valence-corrected chi connectivity index (χ0v) is 11.9. The number of ether oxygens (including phenoxy) is 1. The van der Waals surface area contributed by atoms with Crippen molar-refractivity contribution in [2.24, 2.45) is 0 Å². The topological polar surface area (TPSA) is 26.3 Å². The molecule has 0 aromatic carbocycles. The van der Waals surface area contributed by atoms with Gasteiger partial charge >= 0.3 is 5.97 Å². The van der Waals surface area contributed by atoms with Crippen LogP contribution in [-0.4, -0.2) is 18.5 Å². The van der Waals surface area contributed by atoms with E-state index in [1.54, 1.807) is 0 Å². The number of rotatable bonds is 12. The summed E-state index contributed by atoms with van der Waals surface area (Å²) in [6.07, 6.45) is 11.3. The third-order valence-corrected chi connectivity index (χ3v) is 3.04. The van der Waals surface area contributed by atoms with Crippen LogP contribution in [-0.2, 0) is 9.53 Å². The molecule has 0 fully saturated rings. The van der Waals surface area contributed by atoms with Gasteiger partial charge in [0, 0.05) is 12.3 Å². The van der Waals surface area contributed by atoms with Crippen LogP contribution in [0.4, 0.5) is 0 Å². The molecule has 2 nitrogen and oxygen atoms in total. The fourth-order valence-electron chi connectivity index (χ4n) is 1.72. The van der Waals surface area contributed by atoms with Gasteiger partial charge in [0.05, 0.1) is 6.61 Å². The second kappa shape index (κ2) is 13.8. The Morgan fingerprint density at radius 3 is 2.12 bits per heavy atom. The lowest BCUT2D eigenvalue weighted by Gasteiger charge is -2.03. The first-order valence-corrected chi connectivity index (χ1v) is 7.56. The summed E-state index contributed by atoms with van der Waals surface area (Å²) in [5.41, 5.74) is 0. The molecule has 0 spiro atoms. The lowest BCUT2D eigenvalue weighted by atomic mass is 10.1. The van der Waals surface area contributed by atoms with E-state index in [-0.39, 0.29) is 5.97 Å². The fraction of sp³-hybridized carbons (Fsp3) is 0.929. The number of alkyl halides is 1. The zero-order chi connectivity index (χ0) is 12.8.